The van der Waals surface area contributed by atoms with Gasteiger partial charge in [-0.25, -0.2) is 0 Å². The molecule has 0 amide bonds. The zero-order chi connectivity index (χ0) is 14.8. The molecule has 3 aromatic rings. The van der Waals surface area contributed by atoms with Gasteiger partial charge in [0.25, 0.3) is 0 Å². The summed E-state index contributed by atoms with van der Waals surface area (Å²) in [5, 5.41) is 8.74. The first-order chi connectivity index (χ1) is 10.2. The van der Waals surface area contributed by atoms with E-state index < -0.39 is 0 Å². The number of anilines is 1. The van der Waals surface area contributed by atoms with E-state index in [1.54, 1.807) is 10.9 Å². The Morgan fingerprint density at radius 3 is 2.95 bits per heavy atom. The van der Waals surface area contributed by atoms with E-state index in [0.29, 0.717) is 6.54 Å². The van der Waals surface area contributed by atoms with Crippen LogP contribution in [-0.2, 0) is 7.05 Å². The maximum Gasteiger partial charge on any atom is 0.0934 e. The molecule has 0 radical (unpaired) electrons. The molecule has 1 aromatic carbocycles. The molecule has 6 heteroatoms. The lowest BCUT2D eigenvalue weighted by Gasteiger charge is -2.17. The van der Waals surface area contributed by atoms with Crippen molar-refractivity contribution in [2.24, 2.45) is 12.8 Å². The highest BCUT2D eigenvalue weighted by atomic mass is 79.9. The van der Waals surface area contributed by atoms with Gasteiger partial charge in [0, 0.05) is 41.4 Å². The van der Waals surface area contributed by atoms with Gasteiger partial charge in [0.2, 0.25) is 0 Å². The van der Waals surface area contributed by atoms with E-state index in [4.69, 9.17) is 5.73 Å². The van der Waals surface area contributed by atoms with Gasteiger partial charge in [-0.1, -0.05) is 12.1 Å². The van der Waals surface area contributed by atoms with Crippen molar-refractivity contribution >= 4 is 32.5 Å². The maximum atomic E-state index is 5.90. The van der Waals surface area contributed by atoms with Crippen LogP contribution in [0.2, 0.25) is 0 Å². The van der Waals surface area contributed by atoms with Gasteiger partial charge in [0.1, 0.15) is 0 Å². The van der Waals surface area contributed by atoms with Gasteiger partial charge in [-0.05, 0) is 28.1 Å². The second-order valence-corrected chi connectivity index (χ2v) is 5.83. The first-order valence-electron chi connectivity index (χ1n) is 6.67. The molecule has 21 heavy (non-hydrogen) atoms. The van der Waals surface area contributed by atoms with E-state index in [1.807, 2.05) is 37.6 Å². The number of fused-ring (bicyclic) bond motifs is 1. The number of rotatable bonds is 4. The number of nitrogens with one attached hydrogen (secondary N) is 1. The molecule has 2 heterocycles. The molecular weight excluding hydrogens is 330 g/mol. The monoisotopic (exact) mass is 345 g/mol. The van der Waals surface area contributed by atoms with E-state index in [9.17, 15) is 0 Å². The Labute approximate surface area is 131 Å². The van der Waals surface area contributed by atoms with Crippen LogP contribution in [0.3, 0.4) is 0 Å². The third kappa shape index (κ3) is 2.91. The van der Waals surface area contributed by atoms with Crippen molar-refractivity contribution in [2.45, 2.75) is 6.04 Å². The summed E-state index contributed by atoms with van der Waals surface area (Å²) in [7, 11) is 1.90. The minimum atomic E-state index is 0.00902. The minimum absolute atomic E-state index is 0.00902. The van der Waals surface area contributed by atoms with Gasteiger partial charge in [0.05, 0.1) is 23.4 Å². The molecule has 3 N–H and O–H groups in total. The standard InChI is InChI=1S/C15H16BrN5/c1-21-9-11(7-19-21)14(6-17)20-13-4-2-3-10-5-12(16)8-18-15(10)13/h2-5,7-9,14,20H,6,17H2,1H3. The molecule has 1 atom stereocenters. The molecule has 1 unspecified atom stereocenters. The van der Waals surface area contributed by atoms with Crippen molar-refractivity contribution in [2.75, 3.05) is 11.9 Å². The lowest BCUT2D eigenvalue weighted by Crippen LogP contribution is -2.20. The Hall–Kier alpha value is -1.92. The zero-order valence-corrected chi connectivity index (χ0v) is 13.2. The number of nitrogens with zero attached hydrogens (tertiary/aromatic N) is 3. The molecule has 3 rings (SSSR count). The third-order valence-corrected chi connectivity index (χ3v) is 3.80. The number of aryl methyl sites for hydroxylation is 1. The van der Waals surface area contributed by atoms with E-state index in [0.717, 1.165) is 26.6 Å². The fourth-order valence-corrected chi connectivity index (χ4v) is 2.69. The van der Waals surface area contributed by atoms with Gasteiger partial charge >= 0.3 is 0 Å². The summed E-state index contributed by atoms with van der Waals surface area (Å²) in [4.78, 5) is 4.50. The van der Waals surface area contributed by atoms with Gasteiger partial charge in [-0.3, -0.25) is 9.67 Å². The highest BCUT2D eigenvalue weighted by molar-refractivity contribution is 9.10. The highest BCUT2D eigenvalue weighted by Crippen LogP contribution is 2.27. The summed E-state index contributed by atoms with van der Waals surface area (Å²) in [6, 6.07) is 8.13. The lowest BCUT2D eigenvalue weighted by atomic mass is 10.1. The summed E-state index contributed by atoms with van der Waals surface area (Å²) in [5.74, 6) is 0. The summed E-state index contributed by atoms with van der Waals surface area (Å²) < 4.78 is 2.74. The van der Waals surface area contributed by atoms with Crippen molar-refractivity contribution < 1.29 is 0 Å². The molecule has 0 saturated carbocycles. The van der Waals surface area contributed by atoms with E-state index in [1.165, 1.54) is 0 Å². The SMILES string of the molecule is Cn1cc(C(CN)Nc2cccc3cc(Br)cnc23)cn1. The second kappa shape index (κ2) is 5.83. The smallest absolute Gasteiger partial charge is 0.0934 e. The first-order valence-corrected chi connectivity index (χ1v) is 7.46. The number of hydrogen-bond acceptors (Lipinski definition) is 4. The van der Waals surface area contributed by atoms with Crippen molar-refractivity contribution in [3.63, 3.8) is 0 Å². The Kier molecular flexibility index (Phi) is 3.90. The molecule has 0 aliphatic heterocycles. The van der Waals surface area contributed by atoms with Gasteiger partial charge in [-0.15, -0.1) is 0 Å². The van der Waals surface area contributed by atoms with Crippen molar-refractivity contribution in [1.29, 1.82) is 0 Å². The summed E-state index contributed by atoms with van der Waals surface area (Å²) in [6.45, 7) is 0.485. The fourth-order valence-electron chi connectivity index (χ4n) is 2.34. The normalized spacial score (nSPS) is 12.5. The Morgan fingerprint density at radius 1 is 1.38 bits per heavy atom. The Morgan fingerprint density at radius 2 is 2.24 bits per heavy atom. The topological polar surface area (TPSA) is 68.8 Å². The summed E-state index contributed by atoms with van der Waals surface area (Å²) >= 11 is 3.45. The lowest BCUT2D eigenvalue weighted by molar-refractivity contribution is 0.759. The van der Waals surface area contributed by atoms with Crippen molar-refractivity contribution in [3.8, 4) is 0 Å². The molecule has 108 valence electrons. The molecule has 0 aliphatic rings. The van der Waals surface area contributed by atoms with E-state index >= 15 is 0 Å². The van der Waals surface area contributed by atoms with Crippen LogP contribution in [0.25, 0.3) is 10.9 Å². The van der Waals surface area contributed by atoms with Crippen LogP contribution < -0.4 is 11.1 Å². The van der Waals surface area contributed by atoms with Crippen LogP contribution in [0.15, 0.2) is 47.3 Å². The van der Waals surface area contributed by atoms with Crippen LogP contribution in [0.4, 0.5) is 5.69 Å². The molecule has 0 fully saturated rings. The average Bonchev–Trinajstić information content (AvgIpc) is 2.90. The molecule has 0 saturated heterocycles. The average molecular weight is 346 g/mol. The number of benzene rings is 1. The van der Waals surface area contributed by atoms with Gasteiger partial charge in [-0.2, -0.15) is 5.10 Å². The number of hydrogen-bond donors (Lipinski definition) is 2. The highest BCUT2D eigenvalue weighted by Gasteiger charge is 2.13. The Balaban J connectivity index is 1.96. The predicted molar refractivity (Wildman–Crippen MR) is 88.1 cm³/mol. The largest absolute Gasteiger partial charge is 0.375 e. The van der Waals surface area contributed by atoms with E-state index in [-0.39, 0.29) is 6.04 Å². The summed E-state index contributed by atoms with van der Waals surface area (Å²) in [6.07, 6.45) is 5.61. The molecule has 0 spiro atoms. The zero-order valence-electron chi connectivity index (χ0n) is 11.6. The number of nitrogens with two attached hydrogens (primary N) is 1. The van der Waals surface area contributed by atoms with E-state index in [2.05, 4.69) is 37.4 Å². The minimum Gasteiger partial charge on any atom is -0.375 e. The second-order valence-electron chi connectivity index (χ2n) is 4.91. The van der Waals surface area contributed by atoms with Gasteiger partial charge < -0.3 is 11.1 Å². The quantitative estimate of drug-likeness (QED) is 0.762. The molecule has 0 bridgehead atoms. The molecule has 5 nitrogen and oxygen atoms in total. The van der Waals surface area contributed by atoms with Crippen molar-refractivity contribution in [1.82, 2.24) is 14.8 Å². The predicted octanol–water partition coefficient (Wildman–Crippen LogP) is 2.84. The molecular formula is C15H16BrN5. The molecule has 0 aliphatic carbocycles. The number of halogens is 1. The number of para-hydroxylation sites is 1. The van der Waals surface area contributed by atoms with Crippen LogP contribution in [-0.4, -0.2) is 21.3 Å². The summed E-state index contributed by atoms with van der Waals surface area (Å²) in [5.41, 5.74) is 8.87. The fraction of sp³-hybridized carbons (Fsp3) is 0.200. The number of aromatic nitrogens is 3. The maximum absolute atomic E-state index is 5.90. The van der Waals surface area contributed by atoms with Crippen LogP contribution in [0.5, 0.6) is 0 Å². The van der Waals surface area contributed by atoms with Crippen LogP contribution in [0, 0.1) is 0 Å². The van der Waals surface area contributed by atoms with Crippen LogP contribution in [0.1, 0.15) is 11.6 Å². The third-order valence-electron chi connectivity index (χ3n) is 3.37. The van der Waals surface area contributed by atoms with Gasteiger partial charge in [0.15, 0.2) is 0 Å². The van der Waals surface area contributed by atoms with Crippen LogP contribution >= 0.6 is 15.9 Å². The first kappa shape index (κ1) is 14.0. The number of pyridine rings is 1. The Bertz CT molecular complexity index is 768. The van der Waals surface area contributed by atoms with Crippen molar-refractivity contribution in [3.05, 3.63) is 52.9 Å². The molecule has 2 aromatic heterocycles.